The zero-order valence-corrected chi connectivity index (χ0v) is 19.8. The molecule has 2 N–H and O–H groups in total. The number of hydrogen-bond donors (Lipinski definition) is 2. The maximum absolute atomic E-state index is 13.4. The predicted molar refractivity (Wildman–Crippen MR) is 136 cm³/mol. The van der Waals surface area contributed by atoms with Crippen molar-refractivity contribution in [1.29, 1.82) is 0 Å². The number of benzene rings is 3. The van der Waals surface area contributed by atoms with Crippen molar-refractivity contribution in [1.82, 2.24) is 5.32 Å². The number of para-hydroxylation sites is 1. The SMILES string of the molecule is CCCCCc1ccc(C(=O)NCCN(C(=O)Nc2ccccc2C)c2ccc(F)cc2)cc1. The molecule has 0 aliphatic carbocycles. The molecule has 0 radical (unpaired) electrons. The third-order valence-corrected chi connectivity index (χ3v) is 5.68. The molecule has 178 valence electrons. The van der Waals surface area contributed by atoms with Gasteiger partial charge in [0, 0.05) is 30.0 Å². The van der Waals surface area contributed by atoms with Crippen LogP contribution in [0.3, 0.4) is 0 Å². The summed E-state index contributed by atoms with van der Waals surface area (Å²) in [5.41, 5.74) is 3.97. The zero-order chi connectivity index (χ0) is 24.3. The monoisotopic (exact) mass is 461 g/mol. The number of amides is 3. The van der Waals surface area contributed by atoms with Gasteiger partial charge in [0.1, 0.15) is 5.82 Å². The summed E-state index contributed by atoms with van der Waals surface area (Å²) in [6.45, 7) is 4.56. The Kier molecular flexibility index (Phi) is 9.21. The lowest BCUT2D eigenvalue weighted by Gasteiger charge is -2.24. The van der Waals surface area contributed by atoms with E-state index in [-0.39, 0.29) is 30.8 Å². The number of anilines is 2. The molecule has 0 bridgehead atoms. The van der Waals surface area contributed by atoms with Crippen LogP contribution in [0.4, 0.5) is 20.6 Å². The highest BCUT2D eigenvalue weighted by atomic mass is 19.1. The number of halogens is 1. The Labute approximate surface area is 201 Å². The fourth-order valence-corrected chi connectivity index (χ4v) is 3.65. The van der Waals surface area contributed by atoms with E-state index >= 15 is 0 Å². The highest BCUT2D eigenvalue weighted by Crippen LogP contribution is 2.19. The molecule has 3 rings (SSSR count). The Balaban J connectivity index is 1.62. The van der Waals surface area contributed by atoms with Gasteiger partial charge in [-0.25, -0.2) is 9.18 Å². The van der Waals surface area contributed by atoms with Gasteiger partial charge in [-0.2, -0.15) is 0 Å². The van der Waals surface area contributed by atoms with Crippen molar-refractivity contribution in [3.8, 4) is 0 Å². The molecule has 3 aromatic rings. The van der Waals surface area contributed by atoms with Gasteiger partial charge in [0.2, 0.25) is 0 Å². The Hall–Kier alpha value is -3.67. The van der Waals surface area contributed by atoms with Crippen LogP contribution in [0.15, 0.2) is 72.8 Å². The summed E-state index contributed by atoms with van der Waals surface area (Å²) in [5.74, 6) is -0.576. The van der Waals surface area contributed by atoms with E-state index in [9.17, 15) is 14.0 Å². The number of urea groups is 1. The lowest BCUT2D eigenvalue weighted by Crippen LogP contribution is -2.41. The largest absolute Gasteiger partial charge is 0.350 e. The summed E-state index contributed by atoms with van der Waals surface area (Å²) in [6, 6.07) is 20.5. The first-order valence-electron chi connectivity index (χ1n) is 11.7. The molecule has 0 heterocycles. The number of nitrogens with one attached hydrogen (secondary N) is 2. The van der Waals surface area contributed by atoms with Crippen molar-refractivity contribution in [2.45, 2.75) is 39.5 Å². The highest BCUT2D eigenvalue weighted by Gasteiger charge is 2.17. The van der Waals surface area contributed by atoms with Gasteiger partial charge < -0.3 is 10.6 Å². The standard InChI is InChI=1S/C28H32FN3O2/c1-3-4-5-9-22-11-13-23(14-12-22)27(33)30-19-20-32(25-17-15-24(29)16-18-25)28(34)31-26-10-7-6-8-21(26)2/h6-8,10-18H,3-5,9,19-20H2,1-2H3,(H,30,33)(H,31,34). The van der Waals surface area contributed by atoms with Gasteiger partial charge in [-0.1, -0.05) is 50.1 Å². The molecule has 0 spiro atoms. The molecule has 0 aliphatic rings. The van der Waals surface area contributed by atoms with Crippen molar-refractivity contribution in [2.24, 2.45) is 0 Å². The molecule has 0 aromatic heterocycles. The van der Waals surface area contributed by atoms with Crippen LogP contribution in [0.2, 0.25) is 0 Å². The molecule has 0 fully saturated rings. The Morgan fingerprint density at radius 3 is 2.29 bits per heavy atom. The molecule has 0 atom stereocenters. The number of aryl methyl sites for hydroxylation is 2. The molecule has 34 heavy (non-hydrogen) atoms. The number of nitrogens with zero attached hydrogens (tertiary/aromatic N) is 1. The Bertz CT molecular complexity index is 1080. The first-order chi connectivity index (χ1) is 16.5. The van der Waals surface area contributed by atoms with Gasteiger partial charge in [-0.3, -0.25) is 9.69 Å². The number of carbonyl (C=O) groups excluding carboxylic acids is 2. The summed E-state index contributed by atoms with van der Waals surface area (Å²) in [5, 5.41) is 5.78. The van der Waals surface area contributed by atoms with Gasteiger partial charge in [-0.05, 0) is 73.4 Å². The molecule has 0 aliphatic heterocycles. The average molecular weight is 462 g/mol. The molecular formula is C28H32FN3O2. The lowest BCUT2D eigenvalue weighted by atomic mass is 10.1. The van der Waals surface area contributed by atoms with Crippen molar-refractivity contribution >= 4 is 23.3 Å². The second-order valence-corrected chi connectivity index (χ2v) is 8.28. The summed E-state index contributed by atoms with van der Waals surface area (Å²) in [4.78, 5) is 27.1. The minimum Gasteiger partial charge on any atom is -0.350 e. The van der Waals surface area contributed by atoms with E-state index in [1.54, 1.807) is 12.1 Å². The van der Waals surface area contributed by atoms with E-state index < -0.39 is 0 Å². The van der Waals surface area contributed by atoms with Crippen molar-refractivity contribution < 1.29 is 14.0 Å². The number of carbonyl (C=O) groups is 2. The minimum absolute atomic E-state index is 0.196. The van der Waals surface area contributed by atoms with Crippen molar-refractivity contribution in [3.05, 3.63) is 95.3 Å². The summed E-state index contributed by atoms with van der Waals surface area (Å²) in [6.07, 6.45) is 4.53. The molecule has 3 amide bonds. The second kappa shape index (κ2) is 12.5. The summed E-state index contributed by atoms with van der Waals surface area (Å²) >= 11 is 0. The smallest absolute Gasteiger partial charge is 0.326 e. The van der Waals surface area contributed by atoms with Crippen LogP contribution >= 0.6 is 0 Å². The number of unbranched alkanes of at least 4 members (excludes halogenated alkanes) is 2. The zero-order valence-electron chi connectivity index (χ0n) is 19.8. The first-order valence-corrected chi connectivity index (χ1v) is 11.7. The fourth-order valence-electron chi connectivity index (χ4n) is 3.65. The van der Waals surface area contributed by atoms with Gasteiger partial charge in [-0.15, -0.1) is 0 Å². The lowest BCUT2D eigenvalue weighted by molar-refractivity contribution is 0.0954. The van der Waals surface area contributed by atoms with Crippen LogP contribution in [0.5, 0.6) is 0 Å². The van der Waals surface area contributed by atoms with Gasteiger partial charge in [0.15, 0.2) is 0 Å². The van der Waals surface area contributed by atoms with Crippen LogP contribution in [0.25, 0.3) is 0 Å². The van der Waals surface area contributed by atoms with Crippen LogP contribution in [0, 0.1) is 12.7 Å². The van der Waals surface area contributed by atoms with E-state index in [0.29, 0.717) is 16.9 Å². The van der Waals surface area contributed by atoms with E-state index in [1.165, 1.54) is 35.4 Å². The molecule has 3 aromatic carbocycles. The molecule has 6 heteroatoms. The Morgan fingerprint density at radius 1 is 0.912 bits per heavy atom. The molecule has 0 saturated carbocycles. The average Bonchev–Trinajstić information content (AvgIpc) is 2.84. The highest BCUT2D eigenvalue weighted by molar-refractivity contribution is 6.02. The van der Waals surface area contributed by atoms with E-state index in [4.69, 9.17) is 0 Å². The fraction of sp³-hybridized carbons (Fsp3) is 0.286. The maximum atomic E-state index is 13.4. The maximum Gasteiger partial charge on any atom is 0.326 e. The predicted octanol–water partition coefficient (Wildman–Crippen LogP) is 6.34. The first kappa shape index (κ1) is 25.0. The Morgan fingerprint density at radius 2 is 1.62 bits per heavy atom. The van der Waals surface area contributed by atoms with Crippen molar-refractivity contribution in [3.63, 3.8) is 0 Å². The van der Waals surface area contributed by atoms with Crippen LogP contribution < -0.4 is 15.5 Å². The van der Waals surface area contributed by atoms with Gasteiger partial charge in [0.25, 0.3) is 5.91 Å². The normalized spacial score (nSPS) is 10.6. The van der Waals surface area contributed by atoms with Crippen LogP contribution in [-0.4, -0.2) is 25.0 Å². The topological polar surface area (TPSA) is 61.4 Å². The summed E-state index contributed by atoms with van der Waals surface area (Å²) in [7, 11) is 0. The molecular weight excluding hydrogens is 429 g/mol. The minimum atomic E-state index is -0.380. The van der Waals surface area contributed by atoms with Gasteiger partial charge in [0.05, 0.1) is 0 Å². The van der Waals surface area contributed by atoms with Crippen LogP contribution in [0.1, 0.15) is 47.7 Å². The van der Waals surface area contributed by atoms with E-state index in [1.807, 2.05) is 55.5 Å². The van der Waals surface area contributed by atoms with E-state index in [0.717, 1.165) is 18.4 Å². The van der Waals surface area contributed by atoms with Crippen LogP contribution in [-0.2, 0) is 6.42 Å². The summed E-state index contributed by atoms with van der Waals surface area (Å²) < 4.78 is 13.4. The third-order valence-electron chi connectivity index (χ3n) is 5.68. The van der Waals surface area contributed by atoms with Crippen molar-refractivity contribution in [2.75, 3.05) is 23.3 Å². The number of rotatable bonds is 10. The second-order valence-electron chi connectivity index (χ2n) is 8.28. The van der Waals surface area contributed by atoms with E-state index in [2.05, 4.69) is 17.6 Å². The molecule has 0 saturated heterocycles. The van der Waals surface area contributed by atoms with Gasteiger partial charge >= 0.3 is 6.03 Å². The third kappa shape index (κ3) is 7.17. The quantitative estimate of drug-likeness (QED) is 0.346. The molecule has 0 unspecified atom stereocenters. The number of hydrogen-bond acceptors (Lipinski definition) is 2. The molecule has 5 nitrogen and oxygen atoms in total.